The summed E-state index contributed by atoms with van der Waals surface area (Å²) in [4.78, 5) is 2.15. The summed E-state index contributed by atoms with van der Waals surface area (Å²) >= 11 is 0. The molecule has 3 aromatic rings. The van der Waals surface area contributed by atoms with Crippen molar-refractivity contribution in [3.63, 3.8) is 0 Å². The van der Waals surface area contributed by atoms with Crippen molar-refractivity contribution >= 4 is 0 Å². The standard InChI is InChI=1S/C25H31NO4/c1-4-28-25-10-6-5-8-21(25)15-26(17-23-9-7-11-29-23)16-22(27)18-30-24-13-19(2)12-20(3)14-24/h5-14,22,27H,4,15-18H2,1-3H3. The molecule has 0 aliphatic heterocycles. The zero-order valence-corrected chi connectivity index (χ0v) is 18.0. The predicted octanol–water partition coefficient (Wildman–Crippen LogP) is 4.74. The van der Waals surface area contributed by atoms with E-state index in [1.165, 1.54) is 0 Å². The molecule has 0 bridgehead atoms. The maximum Gasteiger partial charge on any atom is 0.123 e. The Bertz CT molecular complexity index is 887. The second-order valence-electron chi connectivity index (χ2n) is 7.58. The van der Waals surface area contributed by atoms with Gasteiger partial charge in [-0.3, -0.25) is 4.90 Å². The summed E-state index contributed by atoms with van der Waals surface area (Å²) in [5.41, 5.74) is 3.37. The molecule has 3 rings (SSSR count). The van der Waals surface area contributed by atoms with Gasteiger partial charge in [0.2, 0.25) is 0 Å². The van der Waals surface area contributed by atoms with E-state index in [9.17, 15) is 5.11 Å². The van der Waals surface area contributed by atoms with Crippen LogP contribution in [0.3, 0.4) is 0 Å². The van der Waals surface area contributed by atoms with Crippen molar-refractivity contribution in [2.45, 2.75) is 40.0 Å². The Morgan fingerprint density at radius 1 is 0.967 bits per heavy atom. The van der Waals surface area contributed by atoms with Gasteiger partial charge in [-0.1, -0.05) is 24.3 Å². The number of rotatable bonds is 11. The average molecular weight is 410 g/mol. The van der Waals surface area contributed by atoms with Gasteiger partial charge in [-0.2, -0.15) is 0 Å². The number of benzene rings is 2. The molecule has 0 aliphatic carbocycles. The van der Waals surface area contributed by atoms with Crippen LogP contribution in [-0.2, 0) is 13.1 Å². The van der Waals surface area contributed by atoms with Gasteiger partial charge in [-0.15, -0.1) is 0 Å². The van der Waals surface area contributed by atoms with Crippen molar-refractivity contribution in [1.82, 2.24) is 4.90 Å². The molecule has 5 nitrogen and oxygen atoms in total. The molecule has 5 heteroatoms. The van der Waals surface area contributed by atoms with Gasteiger partial charge >= 0.3 is 0 Å². The summed E-state index contributed by atoms with van der Waals surface area (Å²) in [5.74, 6) is 2.50. The van der Waals surface area contributed by atoms with Gasteiger partial charge in [0.15, 0.2) is 0 Å². The lowest BCUT2D eigenvalue weighted by Gasteiger charge is -2.25. The minimum Gasteiger partial charge on any atom is -0.494 e. The van der Waals surface area contributed by atoms with Crippen molar-refractivity contribution < 1.29 is 19.0 Å². The molecular weight excluding hydrogens is 378 g/mol. The van der Waals surface area contributed by atoms with E-state index in [0.717, 1.165) is 33.9 Å². The summed E-state index contributed by atoms with van der Waals surface area (Å²) in [6, 6.07) is 17.9. The SMILES string of the molecule is CCOc1ccccc1CN(Cc1ccco1)CC(O)COc1cc(C)cc(C)c1. The molecule has 0 aliphatic rings. The highest BCUT2D eigenvalue weighted by molar-refractivity contribution is 5.34. The molecule has 1 aromatic heterocycles. The summed E-state index contributed by atoms with van der Waals surface area (Å²) < 4.78 is 17.2. The molecule has 0 saturated carbocycles. The van der Waals surface area contributed by atoms with Gasteiger partial charge in [0.25, 0.3) is 0 Å². The van der Waals surface area contributed by atoms with E-state index in [2.05, 4.69) is 17.0 Å². The number of ether oxygens (including phenoxy) is 2. The molecule has 30 heavy (non-hydrogen) atoms. The van der Waals surface area contributed by atoms with E-state index >= 15 is 0 Å². The molecular formula is C25H31NO4. The molecule has 1 atom stereocenters. The van der Waals surface area contributed by atoms with Crippen LogP contribution in [-0.4, -0.2) is 35.9 Å². The first-order valence-electron chi connectivity index (χ1n) is 10.4. The van der Waals surface area contributed by atoms with Crippen molar-refractivity contribution in [2.24, 2.45) is 0 Å². The highest BCUT2D eigenvalue weighted by Crippen LogP contribution is 2.22. The molecule has 0 spiro atoms. The van der Waals surface area contributed by atoms with E-state index in [1.54, 1.807) is 6.26 Å². The van der Waals surface area contributed by atoms with Crippen LogP contribution in [0.4, 0.5) is 0 Å². The van der Waals surface area contributed by atoms with Gasteiger partial charge in [0.1, 0.15) is 30.0 Å². The third-order valence-electron chi connectivity index (χ3n) is 4.73. The average Bonchev–Trinajstić information content (AvgIpc) is 3.20. The van der Waals surface area contributed by atoms with E-state index in [-0.39, 0.29) is 6.61 Å². The molecule has 2 aromatic carbocycles. The number of hydrogen-bond acceptors (Lipinski definition) is 5. The smallest absolute Gasteiger partial charge is 0.123 e. The van der Waals surface area contributed by atoms with E-state index in [4.69, 9.17) is 13.9 Å². The number of furan rings is 1. The topological polar surface area (TPSA) is 55.1 Å². The van der Waals surface area contributed by atoms with E-state index < -0.39 is 6.10 Å². The van der Waals surface area contributed by atoms with Gasteiger partial charge in [-0.05, 0) is 62.2 Å². The third kappa shape index (κ3) is 6.65. The van der Waals surface area contributed by atoms with Gasteiger partial charge in [0.05, 0.1) is 19.4 Å². The Morgan fingerprint density at radius 3 is 2.43 bits per heavy atom. The van der Waals surface area contributed by atoms with Crippen molar-refractivity contribution in [2.75, 3.05) is 19.8 Å². The molecule has 160 valence electrons. The number of aliphatic hydroxyl groups is 1. The number of nitrogens with zero attached hydrogens (tertiary/aromatic N) is 1. The Kier molecular flexibility index (Phi) is 7.94. The summed E-state index contributed by atoms with van der Waals surface area (Å²) in [7, 11) is 0. The molecule has 1 heterocycles. The summed E-state index contributed by atoms with van der Waals surface area (Å²) in [6.07, 6.45) is 1.03. The maximum absolute atomic E-state index is 10.7. The second kappa shape index (κ2) is 10.9. The van der Waals surface area contributed by atoms with E-state index in [0.29, 0.717) is 26.2 Å². The Hall–Kier alpha value is -2.76. The minimum absolute atomic E-state index is 0.227. The highest BCUT2D eigenvalue weighted by atomic mass is 16.5. The van der Waals surface area contributed by atoms with Crippen LogP contribution in [0.15, 0.2) is 65.3 Å². The monoisotopic (exact) mass is 409 g/mol. The molecule has 0 radical (unpaired) electrons. The molecule has 1 N–H and O–H groups in total. The van der Waals surface area contributed by atoms with Gasteiger partial charge in [0, 0.05) is 18.7 Å². The second-order valence-corrected chi connectivity index (χ2v) is 7.58. The van der Waals surface area contributed by atoms with E-state index in [1.807, 2.05) is 63.2 Å². The summed E-state index contributed by atoms with van der Waals surface area (Å²) in [6.45, 7) is 8.57. The fraction of sp³-hybridized carbons (Fsp3) is 0.360. The molecule has 1 unspecified atom stereocenters. The zero-order chi connectivity index (χ0) is 21.3. The maximum atomic E-state index is 10.7. The van der Waals surface area contributed by atoms with Crippen LogP contribution < -0.4 is 9.47 Å². The molecule has 0 amide bonds. The van der Waals surface area contributed by atoms with Gasteiger partial charge < -0.3 is 19.0 Å². The zero-order valence-electron chi connectivity index (χ0n) is 18.0. The number of hydrogen-bond donors (Lipinski definition) is 1. The van der Waals surface area contributed by atoms with Crippen LogP contribution in [0.5, 0.6) is 11.5 Å². The Labute approximate surface area is 178 Å². The Morgan fingerprint density at radius 2 is 1.73 bits per heavy atom. The van der Waals surface area contributed by atoms with Crippen LogP contribution in [0.2, 0.25) is 0 Å². The quantitative estimate of drug-likeness (QED) is 0.496. The number of para-hydroxylation sites is 1. The number of aryl methyl sites for hydroxylation is 2. The van der Waals surface area contributed by atoms with Crippen molar-refractivity contribution in [3.8, 4) is 11.5 Å². The first-order chi connectivity index (χ1) is 14.5. The van der Waals surface area contributed by atoms with Crippen molar-refractivity contribution in [3.05, 3.63) is 83.3 Å². The Balaban J connectivity index is 1.66. The first-order valence-corrected chi connectivity index (χ1v) is 10.4. The van der Waals surface area contributed by atoms with Crippen LogP contribution in [0.25, 0.3) is 0 Å². The molecule has 0 saturated heterocycles. The van der Waals surface area contributed by atoms with Crippen molar-refractivity contribution in [1.29, 1.82) is 0 Å². The van der Waals surface area contributed by atoms with Crippen LogP contribution >= 0.6 is 0 Å². The highest BCUT2D eigenvalue weighted by Gasteiger charge is 2.17. The molecule has 0 fully saturated rings. The fourth-order valence-electron chi connectivity index (χ4n) is 3.54. The lowest BCUT2D eigenvalue weighted by atomic mass is 10.1. The largest absolute Gasteiger partial charge is 0.494 e. The number of aliphatic hydroxyl groups excluding tert-OH is 1. The van der Waals surface area contributed by atoms with Crippen LogP contribution in [0.1, 0.15) is 29.4 Å². The third-order valence-corrected chi connectivity index (χ3v) is 4.73. The fourth-order valence-corrected chi connectivity index (χ4v) is 3.54. The lowest BCUT2D eigenvalue weighted by molar-refractivity contribution is 0.0601. The first kappa shape index (κ1) is 21.9. The predicted molar refractivity (Wildman–Crippen MR) is 118 cm³/mol. The van der Waals surface area contributed by atoms with Crippen LogP contribution in [0, 0.1) is 13.8 Å². The summed E-state index contributed by atoms with van der Waals surface area (Å²) in [5, 5.41) is 10.7. The van der Waals surface area contributed by atoms with Gasteiger partial charge in [-0.25, -0.2) is 0 Å². The normalized spacial score (nSPS) is 12.2. The lowest BCUT2D eigenvalue weighted by Crippen LogP contribution is -2.35. The minimum atomic E-state index is -0.639.